The van der Waals surface area contributed by atoms with E-state index in [1.807, 2.05) is 0 Å². The highest BCUT2D eigenvalue weighted by Gasteiger charge is 2.21. The number of hydrogen-bond acceptors (Lipinski definition) is 2. The van der Waals surface area contributed by atoms with Crippen molar-refractivity contribution in [2.24, 2.45) is 5.92 Å². The molecule has 1 fully saturated rings. The first kappa shape index (κ1) is 14.3. The monoisotopic (exact) mass is 266 g/mol. The van der Waals surface area contributed by atoms with Gasteiger partial charge in [0.25, 0.3) is 0 Å². The SMILES string of the molecule is CCC1CCC(Oc2ccc(C(C)O)c(F)c2)CC1. The molecule has 1 aliphatic rings. The van der Waals surface area contributed by atoms with Crippen LogP contribution in [-0.4, -0.2) is 11.2 Å². The normalized spacial score (nSPS) is 25.1. The van der Waals surface area contributed by atoms with Crippen LogP contribution in [0.3, 0.4) is 0 Å². The zero-order valence-corrected chi connectivity index (χ0v) is 11.7. The van der Waals surface area contributed by atoms with E-state index in [-0.39, 0.29) is 6.10 Å². The van der Waals surface area contributed by atoms with E-state index in [2.05, 4.69) is 6.92 Å². The van der Waals surface area contributed by atoms with Crippen LogP contribution >= 0.6 is 0 Å². The summed E-state index contributed by atoms with van der Waals surface area (Å²) in [5.41, 5.74) is 0.321. The van der Waals surface area contributed by atoms with Crippen LogP contribution in [-0.2, 0) is 0 Å². The predicted molar refractivity (Wildman–Crippen MR) is 73.7 cm³/mol. The molecule has 0 aliphatic heterocycles. The zero-order chi connectivity index (χ0) is 13.8. The molecule has 0 radical (unpaired) electrons. The van der Waals surface area contributed by atoms with Gasteiger partial charge in [-0.05, 0) is 50.7 Å². The molecule has 0 aromatic heterocycles. The fourth-order valence-corrected chi connectivity index (χ4v) is 2.77. The number of halogens is 1. The van der Waals surface area contributed by atoms with Crippen molar-refractivity contribution in [2.45, 2.75) is 58.2 Å². The summed E-state index contributed by atoms with van der Waals surface area (Å²) in [6.07, 6.45) is 5.18. The summed E-state index contributed by atoms with van der Waals surface area (Å²) in [6, 6.07) is 4.73. The van der Waals surface area contributed by atoms with E-state index in [9.17, 15) is 9.50 Å². The number of ether oxygens (including phenoxy) is 1. The van der Waals surface area contributed by atoms with Gasteiger partial charge in [0.1, 0.15) is 11.6 Å². The standard InChI is InChI=1S/C16H23FO2/c1-3-12-4-6-13(7-5-12)19-14-8-9-15(11(2)18)16(17)10-14/h8-13,18H,3-7H2,1-2H3. The lowest BCUT2D eigenvalue weighted by Gasteiger charge is -2.28. The van der Waals surface area contributed by atoms with E-state index >= 15 is 0 Å². The average Bonchev–Trinajstić information content (AvgIpc) is 2.39. The second-order valence-corrected chi connectivity index (χ2v) is 5.53. The largest absolute Gasteiger partial charge is 0.490 e. The molecular formula is C16H23FO2. The van der Waals surface area contributed by atoms with Crippen LogP contribution < -0.4 is 4.74 Å². The van der Waals surface area contributed by atoms with Crippen molar-refractivity contribution in [3.05, 3.63) is 29.6 Å². The van der Waals surface area contributed by atoms with Crippen LogP contribution in [0.15, 0.2) is 18.2 Å². The second-order valence-electron chi connectivity index (χ2n) is 5.53. The van der Waals surface area contributed by atoms with Crippen molar-refractivity contribution in [3.8, 4) is 5.75 Å². The summed E-state index contributed by atoms with van der Waals surface area (Å²) < 4.78 is 19.6. The van der Waals surface area contributed by atoms with E-state index in [0.29, 0.717) is 11.3 Å². The van der Waals surface area contributed by atoms with Gasteiger partial charge in [0.2, 0.25) is 0 Å². The minimum Gasteiger partial charge on any atom is -0.490 e. The number of hydrogen-bond donors (Lipinski definition) is 1. The third kappa shape index (κ3) is 3.69. The first-order valence-electron chi connectivity index (χ1n) is 7.24. The molecular weight excluding hydrogens is 243 g/mol. The lowest BCUT2D eigenvalue weighted by Crippen LogP contribution is -2.23. The summed E-state index contributed by atoms with van der Waals surface area (Å²) in [7, 11) is 0. The fraction of sp³-hybridized carbons (Fsp3) is 0.625. The number of aliphatic hydroxyl groups is 1. The Morgan fingerprint density at radius 2 is 2.00 bits per heavy atom. The molecule has 1 N–H and O–H groups in total. The highest BCUT2D eigenvalue weighted by atomic mass is 19.1. The molecule has 2 nitrogen and oxygen atoms in total. The van der Waals surface area contributed by atoms with Crippen molar-refractivity contribution >= 4 is 0 Å². The lowest BCUT2D eigenvalue weighted by molar-refractivity contribution is 0.129. The fourth-order valence-electron chi connectivity index (χ4n) is 2.77. The van der Waals surface area contributed by atoms with Gasteiger partial charge in [-0.3, -0.25) is 0 Å². The summed E-state index contributed by atoms with van der Waals surface area (Å²) in [5, 5.41) is 9.39. The van der Waals surface area contributed by atoms with Gasteiger partial charge in [-0.2, -0.15) is 0 Å². The van der Waals surface area contributed by atoms with Gasteiger partial charge >= 0.3 is 0 Å². The van der Waals surface area contributed by atoms with E-state index < -0.39 is 11.9 Å². The lowest BCUT2D eigenvalue weighted by atomic mass is 9.86. The van der Waals surface area contributed by atoms with Gasteiger partial charge in [-0.25, -0.2) is 4.39 Å². The van der Waals surface area contributed by atoms with Crippen LogP contribution in [0.1, 0.15) is 57.6 Å². The Labute approximate surface area is 114 Å². The predicted octanol–water partition coefficient (Wildman–Crippen LogP) is 4.23. The summed E-state index contributed by atoms with van der Waals surface area (Å²) in [6.45, 7) is 3.79. The van der Waals surface area contributed by atoms with Crippen LogP contribution in [0, 0.1) is 11.7 Å². The van der Waals surface area contributed by atoms with E-state index in [1.165, 1.54) is 25.3 Å². The maximum absolute atomic E-state index is 13.7. The van der Waals surface area contributed by atoms with Gasteiger partial charge in [0.15, 0.2) is 0 Å². The molecule has 1 unspecified atom stereocenters. The van der Waals surface area contributed by atoms with Crippen LogP contribution in [0.2, 0.25) is 0 Å². The molecule has 1 aliphatic carbocycles. The molecule has 1 aromatic carbocycles. The van der Waals surface area contributed by atoms with E-state index in [0.717, 1.165) is 18.8 Å². The molecule has 0 saturated heterocycles. The Kier molecular flexibility index (Phi) is 4.81. The Hall–Kier alpha value is -1.09. The first-order chi connectivity index (χ1) is 9.10. The maximum atomic E-state index is 13.7. The van der Waals surface area contributed by atoms with E-state index in [1.54, 1.807) is 19.1 Å². The average molecular weight is 266 g/mol. The second kappa shape index (κ2) is 6.38. The van der Waals surface area contributed by atoms with E-state index in [4.69, 9.17) is 4.74 Å². The summed E-state index contributed by atoms with van der Waals surface area (Å²) in [5.74, 6) is 1.01. The molecule has 0 spiro atoms. The Morgan fingerprint density at radius 3 is 2.53 bits per heavy atom. The molecule has 19 heavy (non-hydrogen) atoms. The van der Waals surface area contributed by atoms with Gasteiger partial charge in [0, 0.05) is 11.6 Å². The van der Waals surface area contributed by atoms with Crippen molar-refractivity contribution < 1.29 is 14.2 Å². The highest BCUT2D eigenvalue weighted by Crippen LogP contribution is 2.30. The van der Waals surface area contributed by atoms with Crippen molar-refractivity contribution in [1.29, 1.82) is 0 Å². The van der Waals surface area contributed by atoms with Crippen molar-refractivity contribution in [2.75, 3.05) is 0 Å². The molecule has 1 atom stereocenters. The van der Waals surface area contributed by atoms with Crippen LogP contribution in [0.4, 0.5) is 4.39 Å². The Bertz CT molecular complexity index is 409. The third-order valence-electron chi connectivity index (χ3n) is 4.10. The van der Waals surface area contributed by atoms with Crippen molar-refractivity contribution in [1.82, 2.24) is 0 Å². The third-order valence-corrected chi connectivity index (χ3v) is 4.10. The Balaban J connectivity index is 1.95. The summed E-state index contributed by atoms with van der Waals surface area (Å²) in [4.78, 5) is 0. The topological polar surface area (TPSA) is 29.5 Å². The maximum Gasteiger partial charge on any atom is 0.132 e. The number of rotatable bonds is 4. The molecule has 0 heterocycles. The minimum absolute atomic E-state index is 0.208. The molecule has 2 rings (SSSR count). The molecule has 1 saturated carbocycles. The zero-order valence-electron chi connectivity index (χ0n) is 11.7. The first-order valence-corrected chi connectivity index (χ1v) is 7.24. The highest BCUT2D eigenvalue weighted by molar-refractivity contribution is 5.30. The molecule has 0 bridgehead atoms. The molecule has 3 heteroatoms. The summed E-state index contributed by atoms with van der Waals surface area (Å²) >= 11 is 0. The van der Waals surface area contributed by atoms with Crippen LogP contribution in [0.25, 0.3) is 0 Å². The minimum atomic E-state index is -0.783. The van der Waals surface area contributed by atoms with Gasteiger partial charge < -0.3 is 9.84 Å². The van der Waals surface area contributed by atoms with Crippen LogP contribution in [0.5, 0.6) is 5.75 Å². The Morgan fingerprint density at radius 1 is 1.32 bits per heavy atom. The molecule has 0 amide bonds. The quantitative estimate of drug-likeness (QED) is 0.883. The smallest absolute Gasteiger partial charge is 0.132 e. The van der Waals surface area contributed by atoms with Crippen molar-refractivity contribution in [3.63, 3.8) is 0 Å². The van der Waals surface area contributed by atoms with Gasteiger partial charge in [-0.15, -0.1) is 0 Å². The number of aliphatic hydroxyl groups excluding tert-OH is 1. The molecule has 1 aromatic rings. The van der Waals surface area contributed by atoms with Gasteiger partial charge in [0.05, 0.1) is 12.2 Å². The number of benzene rings is 1. The molecule has 106 valence electrons. The van der Waals surface area contributed by atoms with Gasteiger partial charge in [-0.1, -0.05) is 13.3 Å².